The lowest BCUT2D eigenvalue weighted by Crippen LogP contribution is -2.47. The summed E-state index contributed by atoms with van der Waals surface area (Å²) in [5.74, 6) is 0.575. The Labute approximate surface area is 102 Å². The number of hydrogen-bond acceptors (Lipinski definition) is 3. The van der Waals surface area contributed by atoms with Crippen molar-refractivity contribution in [3.05, 3.63) is 0 Å². The van der Waals surface area contributed by atoms with E-state index in [-0.39, 0.29) is 11.8 Å². The van der Waals surface area contributed by atoms with Crippen LogP contribution >= 0.6 is 0 Å². The van der Waals surface area contributed by atoms with Crippen molar-refractivity contribution < 1.29 is 9.59 Å². The van der Waals surface area contributed by atoms with Crippen LogP contribution < -0.4 is 16.0 Å². The molecule has 17 heavy (non-hydrogen) atoms. The van der Waals surface area contributed by atoms with Gasteiger partial charge in [-0.2, -0.15) is 0 Å². The maximum atomic E-state index is 11.6. The smallest absolute Gasteiger partial charge is 0.242 e. The van der Waals surface area contributed by atoms with E-state index in [2.05, 4.69) is 16.0 Å². The molecule has 1 unspecified atom stereocenters. The van der Waals surface area contributed by atoms with Gasteiger partial charge in [-0.15, -0.1) is 0 Å². The van der Waals surface area contributed by atoms with Crippen LogP contribution in [0.1, 0.15) is 32.6 Å². The molecule has 2 aliphatic carbocycles. The highest BCUT2D eigenvalue weighted by Gasteiger charge is 2.26. The second-order valence-electron chi connectivity index (χ2n) is 5.15. The van der Waals surface area contributed by atoms with E-state index in [1.807, 2.05) is 0 Å². The zero-order valence-electron chi connectivity index (χ0n) is 10.3. The molecule has 0 heterocycles. The fourth-order valence-electron chi connectivity index (χ4n) is 1.62. The molecule has 2 saturated carbocycles. The summed E-state index contributed by atoms with van der Waals surface area (Å²) in [4.78, 5) is 23.1. The van der Waals surface area contributed by atoms with E-state index in [1.54, 1.807) is 6.92 Å². The summed E-state index contributed by atoms with van der Waals surface area (Å²) in [6.45, 7) is 2.93. The van der Waals surface area contributed by atoms with Crippen molar-refractivity contribution >= 4 is 11.8 Å². The largest absolute Gasteiger partial charge is 0.352 e. The van der Waals surface area contributed by atoms with Gasteiger partial charge in [0, 0.05) is 6.04 Å². The predicted octanol–water partition coefficient (Wildman–Crippen LogP) is -0.231. The molecule has 2 rings (SSSR count). The monoisotopic (exact) mass is 239 g/mol. The minimum absolute atomic E-state index is 0.0805. The molecule has 96 valence electrons. The Morgan fingerprint density at radius 3 is 2.53 bits per heavy atom. The lowest BCUT2D eigenvalue weighted by Gasteiger charge is -2.14. The Morgan fingerprint density at radius 1 is 1.24 bits per heavy atom. The Balaban J connectivity index is 1.56. The van der Waals surface area contributed by atoms with E-state index >= 15 is 0 Å². The number of nitrogens with one attached hydrogen (secondary N) is 3. The van der Waals surface area contributed by atoms with Crippen molar-refractivity contribution in [3.63, 3.8) is 0 Å². The van der Waals surface area contributed by atoms with Crippen molar-refractivity contribution in [1.82, 2.24) is 16.0 Å². The first-order chi connectivity index (χ1) is 8.15. The lowest BCUT2D eigenvalue weighted by molar-refractivity contribution is -0.128. The molecule has 0 aromatic heterocycles. The third-order valence-corrected chi connectivity index (χ3v) is 3.11. The molecule has 1 atom stereocenters. The number of carbonyl (C=O) groups excluding carboxylic acids is 2. The Hall–Kier alpha value is -1.10. The Bertz CT molecular complexity index is 298. The van der Waals surface area contributed by atoms with Crippen molar-refractivity contribution in [1.29, 1.82) is 0 Å². The minimum Gasteiger partial charge on any atom is -0.352 e. The van der Waals surface area contributed by atoms with E-state index in [9.17, 15) is 9.59 Å². The molecular weight excluding hydrogens is 218 g/mol. The predicted molar refractivity (Wildman–Crippen MR) is 64.4 cm³/mol. The van der Waals surface area contributed by atoms with E-state index in [0.717, 1.165) is 25.3 Å². The van der Waals surface area contributed by atoms with Crippen molar-refractivity contribution in [3.8, 4) is 0 Å². The SMILES string of the molecule is CC(NC(=O)CNCC1CC1)C(=O)NC1CC1. The van der Waals surface area contributed by atoms with Gasteiger partial charge >= 0.3 is 0 Å². The summed E-state index contributed by atoms with van der Waals surface area (Å²) >= 11 is 0. The number of carbonyl (C=O) groups is 2. The van der Waals surface area contributed by atoms with Crippen LogP contribution in [-0.4, -0.2) is 37.0 Å². The van der Waals surface area contributed by atoms with E-state index in [1.165, 1.54) is 12.8 Å². The maximum Gasteiger partial charge on any atom is 0.242 e. The van der Waals surface area contributed by atoms with Gasteiger partial charge in [-0.25, -0.2) is 0 Å². The molecule has 2 aliphatic rings. The molecule has 0 spiro atoms. The van der Waals surface area contributed by atoms with Gasteiger partial charge in [0.15, 0.2) is 0 Å². The van der Waals surface area contributed by atoms with Crippen LogP contribution in [0.15, 0.2) is 0 Å². The van der Waals surface area contributed by atoms with Crippen molar-refractivity contribution in [2.75, 3.05) is 13.1 Å². The summed E-state index contributed by atoms with van der Waals surface area (Å²) in [7, 11) is 0. The molecule has 2 fully saturated rings. The summed E-state index contributed by atoms with van der Waals surface area (Å²) < 4.78 is 0. The molecule has 2 amide bonds. The molecule has 0 saturated heterocycles. The van der Waals surface area contributed by atoms with Gasteiger partial charge in [0.2, 0.25) is 11.8 Å². The van der Waals surface area contributed by atoms with Crippen LogP contribution in [0.3, 0.4) is 0 Å². The number of rotatable bonds is 7. The Kier molecular flexibility index (Phi) is 3.99. The maximum absolute atomic E-state index is 11.6. The summed E-state index contributed by atoms with van der Waals surface area (Å²) in [6, 6.07) is -0.0966. The zero-order valence-corrected chi connectivity index (χ0v) is 10.3. The quantitative estimate of drug-likeness (QED) is 0.575. The zero-order chi connectivity index (χ0) is 12.3. The van der Waals surface area contributed by atoms with Gasteiger partial charge in [-0.3, -0.25) is 9.59 Å². The average molecular weight is 239 g/mol. The molecule has 0 bridgehead atoms. The minimum atomic E-state index is -0.439. The van der Waals surface area contributed by atoms with Crippen LogP contribution in [-0.2, 0) is 9.59 Å². The highest BCUT2D eigenvalue weighted by Crippen LogP contribution is 2.27. The second kappa shape index (κ2) is 5.49. The standard InChI is InChI=1S/C12H21N3O2/c1-8(12(17)15-10-4-5-10)14-11(16)7-13-6-9-2-3-9/h8-10,13H,2-7H2,1H3,(H,14,16)(H,15,17). The van der Waals surface area contributed by atoms with Gasteiger partial charge < -0.3 is 16.0 Å². The molecule has 0 aromatic carbocycles. The topological polar surface area (TPSA) is 70.2 Å². The third kappa shape index (κ3) is 4.73. The third-order valence-electron chi connectivity index (χ3n) is 3.11. The average Bonchev–Trinajstić information content (AvgIpc) is 3.11. The molecular formula is C12H21N3O2. The summed E-state index contributed by atoms with van der Waals surface area (Å²) in [5, 5.41) is 8.66. The van der Waals surface area contributed by atoms with Crippen LogP contribution in [0, 0.1) is 5.92 Å². The molecule has 0 aliphatic heterocycles. The first-order valence-electron chi connectivity index (χ1n) is 6.45. The molecule has 5 heteroatoms. The Morgan fingerprint density at radius 2 is 1.94 bits per heavy atom. The highest BCUT2D eigenvalue weighted by molar-refractivity contribution is 5.88. The lowest BCUT2D eigenvalue weighted by atomic mass is 10.3. The highest BCUT2D eigenvalue weighted by atomic mass is 16.2. The summed E-state index contributed by atoms with van der Waals surface area (Å²) in [6.07, 6.45) is 4.67. The molecule has 0 aromatic rings. The van der Waals surface area contributed by atoms with E-state index in [4.69, 9.17) is 0 Å². The van der Waals surface area contributed by atoms with Gasteiger partial charge in [0.05, 0.1) is 6.54 Å². The van der Waals surface area contributed by atoms with Gasteiger partial charge in [0.25, 0.3) is 0 Å². The van der Waals surface area contributed by atoms with Gasteiger partial charge in [0.1, 0.15) is 6.04 Å². The van der Waals surface area contributed by atoms with Crippen molar-refractivity contribution in [2.45, 2.75) is 44.7 Å². The van der Waals surface area contributed by atoms with Gasteiger partial charge in [-0.1, -0.05) is 0 Å². The van der Waals surface area contributed by atoms with Gasteiger partial charge in [-0.05, 0) is 45.1 Å². The second-order valence-corrected chi connectivity index (χ2v) is 5.15. The van der Waals surface area contributed by atoms with E-state index < -0.39 is 6.04 Å². The van der Waals surface area contributed by atoms with Crippen LogP contribution in [0.25, 0.3) is 0 Å². The van der Waals surface area contributed by atoms with Crippen LogP contribution in [0.4, 0.5) is 0 Å². The number of amides is 2. The van der Waals surface area contributed by atoms with Crippen molar-refractivity contribution in [2.24, 2.45) is 5.92 Å². The summed E-state index contributed by atoms with van der Waals surface area (Å²) in [5.41, 5.74) is 0. The molecule has 5 nitrogen and oxygen atoms in total. The molecule has 3 N–H and O–H groups in total. The van der Waals surface area contributed by atoms with Crippen LogP contribution in [0.5, 0.6) is 0 Å². The van der Waals surface area contributed by atoms with Crippen LogP contribution in [0.2, 0.25) is 0 Å². The first-order valence-corrected chi connectivity index (χ1v) is 6.45. The fourth-order valence-corrected chi connectivity index (χ4v) is 1.62. The first kappa shape index (κ1) is 12.4. The molecule has 0 radical (unpaired) electrons. The normalized spacial score (nSPS) is 20.8. The number of hydrogen-bond donors (Lipinski definition) is 3. The van der Waals surface area contributed by atoms with E-state index in [0.29, 0.717) is 12.6 Å². The fraction of sp³-hybridized carbons (Fsp3) is 0.833.